The molecule has 0 spiro atoms. The number of benzene rings is 1. The number of rotatable bonds is 6. The van der Waals surface area contributed by atoms with E-state index in [1.54, 1.807) is 19.0 Å². The molecule has 0 saturated carbocycles. The first-order valence-electron chi connectivity index (χ1n) is 9.43. The van der Waals surface area contributed by atoms with E-state index < -0.39 is 0 Å². The van der Waals surface area contributed by atoms with Crippen LogP contribution in [0.4, 0.5) is 0 Å². The van der Waals surface area contributed by atoms with Gasteiger partial charge in [0.15, 0.2) is 0 Å². The van der Waals surface area contributed by atoms with Crippen molar-refractivity contribution in [1.29, 1.82) is 0 Å². The second kappa shape index (κ2) is 8.08. The van der Waals surface area contributed by atoms with Crippen molar-refractivity contribution >= 4 is 11.8 Å². The van der Waals surface area contributed by atoms with Crippen molar-refractivity contribution in [2.45, 2.75) is 32.4 Å². The van der Waals surface area contributed by atoms with Gasteiger partial charge in [0.2, 0.25) is 11.8 Å². The number of ether oxygens (including phenoxy) is 1. The lowest BCUT2D eigenvalue weighted by Gasteiger charge is -2.36. The van der Waals surface area contributed by atoms with Crippen LogP contribution in [0.3, 0.4) is 0 Å². The molecule has 6 nitrogen and oxygen atoms in total. The van der Waals surface area contributed by atoms with Crippen LogP contribution in [0.25, 0.3) is 0 Å². The Balaban J connectivity index is 1.73. The molecule has 26 heavy (non-hydrogen) atoms. The summed E-state index contributed by atoms with van der Waals surface area (Å²) in [7, 11) is 3.47. The monoisotopic (exact) mass is 359 g/mol. The first-order chi connectivity index (χ1) is 12.5. The molecule has 0 N–H and O–H groups in total. The Labute approximate surface area is 155 Å². The number of hydrogen-bond donors (Lipinski definition) is 0. The standard InChI is InChI=1S/C20H29N3O3/c1-4-26-18-8-6-5-7-15(18)11-22-12-16-9-10-17(13-22)23(20(16)25)14-19(24)21(2)3/h5-8,16-17H,4,9-14H2,1-3H3/t16-,17+/m1/s1. The van der Waals surface area contributed by atoms with E-state index in [4.69, 9.17) is 4.74 Å². The Morgan fingerprint density at radius 2 is 2.00 bits per heavy atom. The van der Waals surface area contributed by atoms with E-state index in [0.29, 0.717) is 6.61 Å². The molecule has 142 valence electrons. The molecule has 3 aliphatic rings. The van der Waals surface area contributed by atoms with E-state index >= 15 is 0 Å². The van der Waals surface area contributed by atoms with Gasteiger partial charge in [0.25, 0.3) is 0 Å². The molecule has 1 aromatic carbocycles. The van der Waals surface area contributed by atoms with Crippen LogP contribution in [0.15, 0.2) is 24.3 Å². The first kappa shape index (κ1) is 18.7. The molecule has 1 aromatic rings. The number of piperidine rings is 1. The molecular formula is C20H29N3O3. The van der Waals surface area contributed by atoms with Crippen LogP contribution >= 0.6 is 0 Å². The van der Waals surface area contributed by atoms with E-state index in [0.717, 1.165) is 43.8 Å². The van der Waals surface area contributed by atoms with Gasteiger partial charge >= 0.3 is 0 Å². The summed E-state index contributed by atoms with van der Waals surface area (Å²) < 4.78 is 5.75. The van der Waals surface area contributed by atoms with Gasteiger partial charge in [-0.1, -0.05) is 18.2 Å². The highest BCUT2D eigenvalue weighted by Crippen LogP contribution is 2.31. The molecule has 2 atom stereocenters. The number of carbonyl (C=O) groups is 2. The van der Waals surface area contributed by atoms with Crippen molar-refractivity contribution < 1.29 is 14.3 Å². The smallest absolute Gasteiger partial charge is 0.241 e. The zero-order chi connectivity index (χ0) is 18.7. The van der Waals surface area contributed by atoms with Crippen LogP contribution in [0, 0.1) is 5.92 Å². The molecule has 2 amide bonds. The quantitative estimate of drug-likeness (QED) is 0.774. The Kier molecular flexibility index (Phi) is 5.81. The van der Waals surface area contributed by atoms with E-state index in [-0.39, 0.29) is 30.3 Å². The normalized spacial score (nSPS) is 23.0. The molecule has 3 aliphatic heterocycles. The molecule has 2 bridgehead atoms. The molecule has 0 aliphatic carbocycles. The fourth-order valence-electron chi connectivity index (χ4n) is 3.93. The summed E-state index contributed by atoms with van der Waals surface area (Å²) in [5.74, 6) is 1.02. The fraction of sp³-hybridized carbons (Fsp3) is 0.600. The number of likely N-dealkylation sites (N-methyl/N-ethyl adjacent to an activating group) is 1. The van der Waals surface area contributed by atoms with Crippen molar-refractivity contribution in [2.24, 2.45) is 5.92 Å². The average molecular weight is 359 g/mol. The number of para-hydroxylation sites is 1. The first-order valence-corrected chi connectivity index (χ1v) is 9.43. The third-order valence-corrected chi connectivity index (χ3v) is 5.34. The number of hydrogen-bond acceptors (Lipinski definition) is 4. The summed E-state index contributed by atoms with van der Waals surface area (Å²) in [4.78, 5) is 30.7. The molecule has 3 heterocycles. The second-order valence-electron chi connectivity index (χ2n) is 7.42. The van der Waals surface area contributed by atoms with Gasteiger partial charge in [0.1, 0.15) is 12.3 Å². The number of amides is 2. The van der Waals surface area contributed by atoms with Crippen molar-refractivity contribution in [3.8, 4) is 5.75 Å². The maximum atomic E-state index is 12.8. The maximum Gasteiger partial charge on any atom is 0.241 e. The summed E-state index contributed by atoms with van der Waals surface area (Å²) in [5, 5.41) is 0. The van der Waals surface area contributed by atoms with E-state index in [2.05, 4.69) is 11.0 Å². The third kappa shape index (κ3) is 4.01. The lowest BCUT2D eigenvalue weighted by atomic mass is 9.94. The average Bonchev–Trinajstić information content (AvgIpc) is 2.88. The third-order valence-electron chi connectivity index (χ3n) is 5.34. The summed E-state index contributed by atoms with van der Waals surface area (Å²) in [5.41, 5.74) is 1.15. The highest BCUT2D eigenvalue weighted by Gasteiger charge is 2.41. The van der Waals surface area contributed by atoms with Crippen LogP contribution in [-0.4, -0.2) is 72.9 Å². The number of carbonyl (C=O) groups excluding carboxylic acids is 2. The molecule has 0 radical (unpaired) electrons. The predicted octanol–water partition coefficient (Wildman–Crippen LogP) is 1.60. The van der Waals surface area contributed by atoms with Gasteiger partial charge in [0, 0.05) is 45.3 Å². The van der Waals surface area contributed by atoms with Crippen LogP contribution in [0.1, 0.15) is 25.3 Å². The van der Waals surface area contributed by atoms with Gasteiger partial charge in [-0.25, -0.2) is 0 Å². The Morgan fingerprint density at radius 3 is 2.73 bits per heavy atom. The topological polar surface area (TPSA) is 53.1 Å². The zero-order valence-electron chi connectivity index (χ0n) is 16.0. The van der Waals surface area contributed by atoms with Crippen LogP contribution in [0.5, 0.6) is 5.75 Å². The Hall–Kier alpha value is -2.08. The van der Waals surface area contributed by atoms with Gasteiger partial charge in [-0.2, -0.15) is 0 Å². The maximum absolute atomic E-state index is 12.8. The van der Waals surface area contributed by atoms with Gasteiger partial charge in [-0.05, 0) is 25.8 Å². The number of fused-ring (bicyclic) bond motifs is 4. The molecule has 0 unspecified atom stereocenters. The van der Waals surface area contributed by atoms with Gasteiger partial charge in [-0.15, -0.1) is 0 Å². The number of nitrogens with zero attached hydrogens (tertiary/aromatic N) is 3. The van der Waals surface area contributed by atoms with E-state index in [1.165, 1.54) is 0 Å². The molecule has 3 saturated heterocycles. The Bertz CT molecular complexity index is 661. The van der Waals surface area contributed by atoms with Gasteiger partial charge < -0.3 is 14.5 Å². The highest BCUT2D eigenvalue weighted by atomic mass is 16.5. The van der Waals surface area contributed by atoms with Crippen molar-refractivity contribution in [3.63, 3.8) is 0 Å². The van der Waals surface area contributed by atoms with E-state index in [9.17, 15) is 9.59 Å². The minimum Gasteiger partial charge on any atom is -0.494 e. The highest BCUT2D eigenvalue weighted by molar-refractivity contribution is 5.86. The second-order valence-corrected chi connectivity index (χ2v) is 7.42. The van der Waals surface area contributed by atoms with Crippen molar-refractivity contribution in [2.75, 3.05) is 40.3 Å². The molecule has 3 fully saturated rings. The molecule has 6 heteroatoms. The van der Waals surface area contributed by atoms with Crippen molar-refractivity contribution in [3.05, 3.63) is 29.8 Å². The van der Waals surface area contributed by atoms with Crippen LogP contribution in [-0.2, 0) is 16.1 Å². The summed E-state index contributed by atoms with van der Waals surface area (Å²) in [6.07, 6.45) is 1.89. The predicted molar refractivity (Wildman–Crippen MR) is 99.8 cm³/mol. The lowest BCUT2D eigenvalue weighted by Crippen LogP contribution is -2.51. The lowest BCUT2D eigenvalue weighted by molar-refractivity contribution is -0.145. The largest absolute Gasteiger partial charge is 0.494 e. The summed E-state index contributed by atoms with van der Waals surface area (Å²) in [6, 6.07) is 8.21. The summed E-state index contributed by atoms with van der Waals surface area (Å²) in [6.45, 7) is 5.15. The van der Waals surface area contributed by atoms with Crippen molar-refractivity contribution in [1.82, 2.24) is 14.7 Å². The SMILES string of the molecule is CCOc1ccccc1CN1C[C@H]2CC[C@@H](C1)N(CC(=O)N(C)C)C2=O. The zero-order valence-corrected chi connectivity index (χ0v) is 16.0. The molecular weight excluding hydrogens is 330 g/mol. The Morgan fingerprint density at radius 1 is 1.23 bits per heavy atom. The van der Waals surface area contributed by atoms with Crippen LogP contribution in [0.2, 0.25) is 0 Å². The summed E-state index contributed by atoms with van der Waals surface area (Å²) >= 11 is 0. The molecule has 4 rings (SSSR count). The van der Waals surface area contributed by atoms with Gasteiger partial charge in [-0.3, -0.25) is 14.5 Å². The van der Waals surface area contributed by atoms with Crippen LogP contribution < -0.4 is 4.74 Å². The minimum atomic E-state index is -0.0147. The van der Waals surface area contributed by atoms with E-state index in [1.807, 2.05) is 30.0 Å². The minimum absolute atomic E-state index is 0.0111. The fourth-order valence-corrected chi connectivity index (χ4v) is 3.93. The molecule has 0 aromatic heterocycles. The van der Waals surface area contributed by atoms with Gasteiger partial charge in [0.05, 0.1) is 12.5 Å².